The molecule has 2 rings (SSSR count). The molecule has 21 heavy (non-hydrogen) atoms. The van der Waals surface area contributed by atoms with Crippen molar-refractivity contribution in [3.05, 3.63) is 39.7 Å². The molecule has 0 spiro atoms. The maximum absolute atomic E-state index is 12.5. The largest absolute Gasteiger partial charge is 0.416 e. The average molecular weight is 410 g/mol. The second-order valence-corrected chi connectivity index (χ2v) is 5.45. The fraction of sp³-hybridized carbons (Fsp3) is 0.167. The second-order valence-electron chi connectivity index (χ2n) is 4.20. The minimum absolute atomic E-state index is 0.0521. The van der Waals surface area contributed by atoms with E-state index < -0.39 is 17.6 Å². The van der Waals surface area contributed by atoms with Crippen molar-refractivity contribution in [3.63, 3.8) is 0 Å². The zero-order valence-electron chi connectivity index (χ0n) is 10.5. The Hall–Kier alpha value is -1.78. The van der Waals surface area contributed by atoms with Crippen LogP contribution < -0.4 is 11.1 Å². The molecule has 0 atom stereocenters. The van der Waals surface area contributed by atoms with Crippen LogP contribution in [-0.2, 0) is 17.5 Å². The van der Waals surface area contributed by atoms with Crippen molar-refractivity contribution >= 4 is 39.9 Å². The van der Waals surface area contributed by atoms with Gasteiger partial charge in [0.2, 0.25) is 5.91 Å². The van der Waals surface area contributed by atoms with E-state index in [-0.39, 0.29) is 17.9 Å². The van der Waals surface area contributed by atoms with Gasteiger partial charge in [-0.3, -0.25) is 9.48 Å². The first-order valence-electron chi connectivity index (χ1n) is 5.70. The summed E-state index contributed by atoms with van der Waals surface area (Å²) in [6.45, 7) is -0.0521. The van der Waals surface area contributed by atoms with Crippen LogP contribution in [0.15, 0.2) is 30.6 Å². The number of rotatable bonds is 3. The predicted molar refractivity (Wildman–Crippen MR) is 79.4 cm³/mol. The van der Waals surface area contributed by atoms with Crippen LogP contribution >= 0.6 is 22.6 Å². The van der Waals surface area contributed by atoms with E-state index in [2.05, 4.69) is 10.4 Å². The quantitative estimate of drug-likeness (QED) is 0.604. The number of halogens is 4. The lowest BCUT2D eigenvalue weighted by Gasteiger charge is -2.11. The number of alkyl halides is 3. The van der Waals surface area contributed by atoms with Gasteiger partial charge in [-0.1, -0.05) is 0 Å². The summed E-state index contributed by atoms with van der Waals surface area (Å²) in [4.78, 5) is 11.8. The summed E-state index contributed by atoms with van der Waals surface area (Å²) in [5, 5.41) is 6.39. The summed E-state index contributed by atoms with van der Waals surface area (Å²) >= 11 is 2.05. The monoisotopic (exact) mass is 410 g/mol. The average Bonchev–Trinajstić information content (AvgIpc) is 2.76. The highest BCUT2D eigenvalue weighted by atomic mass is 127. The predicted octanol–water partition coefficient (Wildman–Crippen LogP) is 2.73. The number of nitrogens with two attached hydrogens (primary N) is 1. The smallest absolute Gasteiger partial charge is 0.397 e. The standard InChI is InChI=1S/C12H10F3IN4O/c13-12(14,15)7-1-2-10(9(17)3-7)19-11(21)6-20-5-8(16)4-18-20/h1-5H,6,17H2,(H,19,21). The molecule has 0 fully saturated rings. The fourth-order valence-electron chi connectivity index (χ4n) is 1.61. The minimum atomic E-state index is -4.47. The molecule has 1 heterocycles. The van der Waals surface area contributed by atoms with Crippen molar-refractivity contribution in [2.24, 2.45) is 0 Å². The van der Waals surface area contributed by atoms with Gasteiger partial charge in [0.05, 0.1) is 26.7 Å². The number of carbonyl (C=O) groups is 1. The van der Waals surface area contributed by atoms with Crippen molar-refractivity contribution in [2.75, 3.05) is 11.1 Å². The Morgan fingerprint density at radius 2 is 2.14 bits per heavy atom. The molecule has 2 aromatic rings. The molecule has 5 nitrogen and oxygen atoms in total. The third-order valence-corrected chi connectivity index (χ3v) is 3.12. The number of nitrogens with one attached hydrogen (secondary N) is 1. The van der Waals surface area contributed by atoms with E-state index in [0.29, 0.717) is 0 Å². The van der Waals surface area contributed by atoms with Gasteiger partial charge in [0.15, 0.2) is 0 Å². The summed E-state index contributed by atoms with van der Waals surface area (Å²) in [6.07, 6.45) is -1.22. The molecule has 0 saturated carbocycles. The maximum atomic E-state index is 12.5. The lowest BCUT2D eigenvalue weighted by Crippen LogP contribution is -2.20. The summed E-state index contributed by atoms with van der Waals surface area (Å²) in [6, 6.07) is 2.78. The highest BCUT2D eigenvalue weighted by Crippen LogP contribution is 2.32. The van der Waals surface area contributed by atoms with E-state index in [1.807, 2.05) is 22.6 Å². The van der Waals surface area contributed by atoms with Crippen LogP contribution in [0.25, 0.3) is 0 Å². The van der Waals surface area contributed by atoms with Crippen LogP contribution in [0.4, 0.5) is 24.5 Å². The van der Waals surface area contributed by atoms with Crippen LogP contribution in [0, 0.1) is 3.57 Å². The highest BCUT2D eigenvalue weighted by Gasteiger charge is 2.30. The Labute approximate surface area is 131 Å². The van der Waals surface area contributed by atoms with E-state index >= 15 is 0 Å². The summed E-state index contributed by atoms with van der Waals surface area (Å²) < 4.78 is 39.8. The molecule has 3 N–H and O–H groups in total. The molecule has 1 amide bonds. The molecule has 0 unspecified atom stereocenters. The molecular weight excluding hydrogens is 400 g/mol. The highest BCUT2D eigenvalue weighted by molar-refractivity contribution is 14.1. The molecule has 0 aliphatic heterocycles. The molecular formula is C12H10F3IN4O. The topological polar surface area (TPSA) is 72.9 Å². The number of nitrogen functional groups attached to an aromatic ring is 1. The van der Waals surface area contributed by atoms with E-state index in [4.69, 9.17) is 5.73 Å². The molecule has 0 saturated heterocycles. The normalized spacial score (nSPS) is 11.4. The van der Waals surface area contributed by atoms with Gasteiger partial charge >= 0.3 is 6.18 Å². The lowest BCUT2D eigenvalue weighted by molar-refractivity contribution is -0.137. The number of aromatic nitrogens is 2. The molecule has 0 bridgehead atoms. The summed E-state index contributed by atoms with van der Waals surface area (Å²) in [5.41, 5.74) is 4.65. The van der Waals surface area contributed by atoms with Gasteiger partial charge in [0, 0.05) is 6.20 Å². The first kappa shape index (κ1) is 15.6. The SMILES string of the molecule is Nc1cc(C(F)(F)F)ccc1NC(=O)Cn1cc(I)cn1. The van der Waals surface area contributed by atoms with E-state index in [1.54, 1.807) is 12.4 Å². The molecule has 112 valence electrons. The first-order chi connectivity index (χ1) is 9.75. The Morgan fingerprint density at radius 3 is 2.67 bits per heavy atom. The maximum Gasteiger partial charge on any atom is 0.416 e. The Balaban J connectivity index is 2.07. The minimum Gasteiger partial charge on any atom is -0.397 e. The number of nitrogens with zero attached hydrogens (tertiary/aromatic N) is 2. The second kappa shape index (κ2) is 5.92. The zero-order chi connectivity index (χ0) is 15.6. The van der Waals surface area contributed by atoms with E-state index in [0.717, 1.165) is 21.8 Å². The van der Waals surface area contributed by atoms with Crippen LogP contribution in [0.2, 0.25) is 0 Å². The number of carbonyl (C=O) groups excluding carboxylic acids is 1. The van der Waals surface area contributed by atoms with Crippen LogP contribution in [-0.4, -0.2) is 15.7 Å². The number of hydrogen-bond donors (Lipinski definition) is 2. The lowest BCUT2D eigenvalue weighted by atomic mass is 10.1. The van der Waals surface area contributed by atoms with E-state index in [9.17, 15) is 18.0 Å². The van der Waals surface area contributed by atoms with Crippen LogP contribution in [0.5, 0.6) is 0 Å². The molecule has 1 aromatic carbocycles. The van der Waals surface area contributed by atoms with Crippen molar-refractivity contribution < 1.29 is 18.0 Å². The van der Waals surface area contributed by atoms with Gasteiger partial charge in [-0.15, -0.1) is 0 Å². The first-order valence-corrected chi connectivity index (χ1v) is 6.78. The van der Waals surface area contributed by atoms with Gasteiger partial charge in [-0.25, -0.2) is 0 Å². The number of hydrogen-bond acceptors (Lipinski definition) is 3. The van der Waals surface area contributed by atoms with Crippen LogP contribution in [0.3, 0.4) is 0 Å². The Kier molecular flexibility index (Phi) is 4.40. The third-order valence-electron chi connectivity index (χ3n) is 2.56. The molecule has 0 aliphatic rings. The summed E-state index contributed by atoms with van der Waals surface area (Å²) in [5.74, 6) is -0.430. The number of anilines is 2. The zero-order valence-corrected chi connectivity index (χ0v) is 12.6. The van der Waals surface area contributed by atoms with Crippen molar-refractivity contribution in [1.29, 1.82) is 0 Å². The van der Waals surface area contributed by atoms with Gasteiger partial charge in [-0.05, 0) is 40.8 Å². The molecule has 0 radical (unpaired) electrons. The summed E-state index contributed by atoms with van der Waals surface area (Å²) in [7, 11) is 0. The number of amides is 1. The number of benzene rings is 1. The molecule has 9 heteroatoms. The van der Waals surface area contributed by atoms with Gasteiger partial charge < -0.3 is 11.1 Å². The van der Waals surface area contributed by atoms with Crippen LogP contribution in [0.1, 0.15) is 5.56 Å². The van der Waals surface area contributed by atoms with Crippen molar-refractivity contribution in [2.45, 2.75) is 12.7 Å². The van der Waals surface area contributed by atoms with Gasteiger partial charge in [0.25, 0.3) is 0 Å². The fourth-order valence-corrected chi connectivity index (χ4v) is 2.06. The third kappa shape index (κ3) is 4.09. The van der Waals surface area contributed by atoms with Crippen molar-refractivity contribution in [1.82, 2.24) is 9.78 Å². The Bertz CT molecular complexity index is 669. The van der Waals surface area contributed by atoms with Gasteiger partial charge in [0.1, 0.15) is 6.54 Å². The van der Waals surface area contributed by atoms with Gasteiger partial charge in [-0.2, -0.15) is 18.3 Å². The van der Waals surface area contributed by atoms with E-state index in [1.165, 1.54) is 4.68 Å². The van der Waals surface area contributed by atoms with Crippen molar-refractivity contribution in [3.8, 4) is 0 Å². The molecule has 1 aromatic heterocycles. The Morgan fingerprint density at radius 1 is 1.43 bits per heavy atom. The molecule has 0 aliphatic carbocycles.